The molecule has 0 heterocycles. The van der Waals surface area contributed by atoms with E-state index in [0.717, 1.165) is 6.08 Å². The molecule has 4 heteroatoms. The summed E-state index contributed by atoms with van der Waals surface area (Å²) in [4.78, 5) is 10.5. The van der Waals surface area contributed by atoms with Crippen molar-refractivity contribution in [3.63, 3.8) is 0 Å². The van der Waals surface area contributed by atoms with Crippen LogP contribution >= 0.6 is 11.6 Å². The number of ether oxygens (including phenoxy) is 1. The van der Waals surface area contributed by atoms with E-state index in [0.29, 0.717) is 0 Å². The highest BCUT2D eigenvalue weighted by molar-refractivity contribution is 6.69. The fourth-order valence-corrected chi connectivity index (χ4v) is 0.373. The van der Waals surface area contributed by atoms with Crippen molar-refractivity contribution < 1.29 is 9.53 Å². The molecule has 0 saturated heterocycles. The van der Waals surface area contributed by atoms with Gasteiger partial charge in [0.05, 0.1) is 7.11 Å². The van der Waals surface area contributed by atoms with Crippen LogP contribution in [0.15, 0.2) is 24.3 Å². The smallest absolute Gasteiger partial charge is 0.330 e. The van der Waals surface area contributed by atoms with Crippen LogP contribution in [0.4, 0.5) is 0 Å². The standard InChI is InChI=1S/C7H8ClNO2/c1-5(7(8)9)3-4-6(10)11-2/h3-4,9H,1H2,2H3/b4-3+,9-7?. The molecule has 0 atom stereocenters. The second kappa shape index (κ2) is 4.68. The Balaban J connectivity index is 4.04. The molecule has 0 aliphatic carbocycles. The molecule has 1 N–H and O–H groups in total. The van der Waals surface area contributed by atoms with Crippen LogP contribution in [0.1, 0.15) is 0 Å². The molecule has 11 heavy (non-hydrogen) atoms. The summed E-state index contributed by atoms with van der Waals surface area (Å²) in [5.74, 6) is -0.496. The highest BCUT2D eigenvalue weighted by Crippen LogP contribution is 1.98. The Kier molecular flexibility index (Phi) is 4.22. The minimum Gasteiger partial charge on any atom is -0.466 e. The van der Waals surface area contributed by atoms with Crippen molar-refractivity contribution in [2.24, 2.45) is 0 Å². The zero-order valence-corrected chi connectivity index (χ0v) is 6.81. The average Bonchev–Trinajstić information content (AvgIpc) is 1.99. The van der Waals surface area contributed by atoms with Crippen molar-refractivity contribution in [1.82, 2.24) is 0 Å². The Bertz CT molecular complexity index is 220. The average molecular weight is 174 g/mol. The lowest BCUT2D eigenvalue weighted by molar-refractivity contribution is -0.134. The largest absolute Gasteiger partial charge is 0.466 e. The summed E-state index contributed by atoms with van der Waals surface area (Å²) in [6, 6.07) is 0. The van der Waals surface area contributed by atoms with Crippen molar-refractivity contribution in [2.45, 2.75) is 0 Å². The number of hydrogen-bond donors (Lipinski definition) is 1. The van der Waals surface area contributed by atoms with Crippen molar-refractivity contribution in [3.8, 4) is 0 Å². The minimum atomic E-state index is -0.496. The van der Waals surface area contributed by atoms with E-state index in [1.165, 1.54) is 13.2 Å². The topological polar surface area (TPSA) is 50.2 Å². The van der Waals surface area contributed by atoms with E-state index in [9.17, 15) is 4.79 Å². The lowest BCUT2D eigenvalue weighted by Crippen LogP contribution is -1.95. The van der Waals surface area contributed by atoms with Crippen LogP contribution < -0.4 is 0 Å². The van der Waals surface area contributed by atoms with Crippen molar-refractivity contribution in [1.29, 1.82) is 5.41 Å². The first-order chi connectivity index (χ1) is 5.07. The fourth-order valence-electron chi connectivity index (χ4n) is 0.310. The zero-order chi connectivity index (χ0) is 8.85. The van der Waals surface area contributed by atoms with E-state index in [2.05, 4.69) is 11.3 Å². The number of hydrogen-bond acceptors (Lipinski definition) is 3. The van der Waals surface area contributed by atoms with Gasteiger partial charge in [-0.25, -0.2) is 4.79 Å². The summed E-state index contributed by atoms with van der Waals surface area (Å²) in [5.41, 5.74) is 0.275. The number of rotatable bonds is 3. The van der Waals surface area contributed by atoms with Crippen molar-refractivity contribution in [2.75, 3.05) is 7.11 Å². The van der Waals surface area contributed by atoms with Gasteiger partial charge in [0.2, 0.25) is 0 Å². The lowest BCUT2D eigenvalue weighted by Gasteiger charge is -1.91. The van der Waals surface area contributed by atoms with E-state index < -0.39 is 5.97 Å². The van der Waals surface area contributed by atoms with Gasteiger partial charge in [-0.1, -0.05) is 18.2 Å². The third kappa shape index (κ3) is 4.33. The van der Waals surface area contributed by atoms with Gasteiger partial charge in [-0.05, 0) is 6.08 Å². The molecule has 0 bridgehead atoms. The molecular weight excluding hydrogens is 166 g/mol. The van der Waals surface area contributed by atoms with Gasteiger partial charge in [-0.3, -0.25) is 5.41 Å². The molecule has 0 aromatic rings. The molecule has 0 aliphatic heterocycles. The third-order valence-corrected chi connectivity index (χ3v) is 1.15. The summed E-state index contributed by atoms with van der Waals surface area (Å²) >= 11 is 5.24. The maximum atomic E-state index is 10.5. The summed E-state index contributed by atoms with van der Waals surface area (Å²) in [6.07, 6.45) is 2.47. The Hall–Kier alpha value is -1.09. The van der Waals surface area contributed by atoms with Gasteiger partial charge in [0, 0.05) is 11.6 Å². The monoisotopic (exact) mass is 173 g/mol. The van der Waals surface area contributed by atoms with E-state index in [-0.39, 0.29) is 10.7 Å². The Morgan fingerprint density at radius 1 is 1.64 bits per heavy atom. The molecule has 0 saturated carbocycles. The number of halogens is 1. The van der Waals surface area contributed by atoms with E-state index in [4.69, 9.17) is 17.0 Å². The number of methoxy groups -OCH3 is 1. The molecule has 0 rings (SSSR count). The molecule has 0 spiro atoms. The molecule has 0 aromatic heterocycles. The number of carbonyl (C=O) groups is 1. The lowest BCUT2D eigenvalue weighted by atomic mass is 10.3. The highest BCUT2D eigenvalue weighted by Gasteiger charge is 1.94. The summed E-state index contributed by atoms with van der Waals surface area (Å²) in [6.45, 7) is 3.41. The molecule has 0 fully saturated rings. The van der Waals surface area contributed by atoms with Gasteiger partial charge in [0.1, 0.15) is 5.17 Å². The van der Waals surface area contributed by atoms with Crippen LogP contribution in [0.3, 0.4) is 0 Å². The van der Waals surface area contributed by atoms with Gasteiger partial charge in [-0.15, -0.1) is 0 Å². The first-order valence-corrected chi connectivity index (χ1v) is 3.15. The Morgan fingerprint density at radius 2 is 2.18 bits per heavy atom. The quantitative estimate of drug-likeness (QED) is 0.304. The predicted octanol–water partition coefficient (Wildman–Crippen LogP) is 1.49. The summed E-state index contributed by atoms with van der Waals surface area (Å²) in [7, 11) is 1.27. The first-order valence-electron chi connectivity index (χ1n) is 2.77. The molecule has 0 amide bonds. The fraction of sp³-hybridized carbons (Fsp3) is 0.143. The van der Waals surface area contributed by atoms with Crippen LogP contribution in [0.25, 0.3) is 0 Å². The highest BCUT2D eigenvalue weighted by atomic mass is 35.5. The molecule has 3 nitrogen and oxygen atoms in total. The van der Waals surface area contributed by atoms with Crippen LogP contribution in [-0.2, 0) is 9.53 Å². The van der Waals surface area contributed by atoms with Crippen LogP contribution in [0, 0.1) is 5.41 Å². The van der Waals surface area contributed by atoms with E-state index in [1.54, 1.807) is 0 Å². The van der Waals surface area contributed by atoms with Crippen LogP contribution in [0.2, 0.25) is 0 Å². The van der Waals surface area contributed by atoms with Gasteiger partial charge in [0.15, 0.2) is 0 Å². The molecule has 0 aliphatic rings. The second-order valence-electron chi connectivity index (χ2n) is 1.70. The third-order valence-electron chi connectivity index (χ3n) is 0.904. The van der Waals surface area contributed by atoms with Crippen LogP contribution in [0.5, 0.6) is 0 Å². The second-order valence-corrected chi connectivity index (χ2v) is 2.07. The van der Waals surface area contributed by atoms with Crippen LogP contribution in [-0.4, -0.2) is 18.2 Å². The SMILES string of the molecule is C=C(/C=C/C(=O)OC)C(=N)Cl. The number of allylic oxidation sites excluding steroid dienone is 2. The van der Waals surface area contributed by atoms with E-state index >= 15 is 0 Å². The van der Waals surface area contributed by atoms with Gasteiger partial charge in [0.25, 0.3) is 0 Å². The minimum absolute atomic E-state index is 0.190. The molecular formula is C7H8ClNO2. The van der Waals surface area contributed by atoms with E-state index in [1.807, 2.05) is 0 Å². The maximum absolute atomic E-state index is 10.5. The van der Waals surface area contributed by atoms with Crippen molar-refractivity contribution in [3.05, 3.63) is 24.3 Å². The van der Waals surface area contributed by atoms with Gasteiger partial charge >= 0.3 is 5.97 Å². The van der Waals surface area contributed by atoms with Gasteiger partial charge in [-0.2, -0.15) is 0 Å². The maximum Gasteiger partial charge on any atom is 0.330 e. The van der Waals surface area contributed by atoms with Gasteiger partial charge < -0.3 is 4.74 Å². The number of esters is 1. The Labute approximate surface area is 69.8 Å². The molecule has 0 aromatic carbocycles. The first kappa shape index (κ1) is 9.91. The Morgan fingerprint density at radius 3 is 2.55 bits per heavy atom. The number of carbonyl (C=O) groups excluding carboxylic acids is 1. The molecule has 0 unspecified atom stereocenters. The zero-order valence-electron chi connectivity index (χ0n) is 6.06. The summed E-state index contributed by atoms with van der Waals surface area (Å²) < 4.78 is 4.30. The molecule has 0 radical (unpaired) electrons. The number of nitrogens with one attached hydrogen (secondary N) is 1. The molecule has 60 valence electrons. The normalized spacial score (nSPS) is 9.64. The van der Waals surface area contributed by atoms with Crippen molar-refractivity contribution >= 4 is 22.7 Å². The predicted molar refractivity (Wildman–Crippen MR) is 43.9 cm³/mol. The summed E-state index contributed by atoms with van der Waals surface area (Å²) in [5, 5.41) is 6.67.